The monoisotopic (exact) mass is 387 g/mol. The van der Waals surface area contributed by atoms with E-state index in [9.17, 15) is 20.6 Å². The van der Waals surface area contributed by atoms with Gasteiger partial charge in [0.25, 0.3) is 0 Å². The zero-order chi connectivity index (χ0) is 20.5. The molecule has 0 aliphatic rings. The summed E-state index contributed by atoms with van der Waals surface area (Å²) >= 11 is 0. The summed E-state index contributed by atoms with van der Waals surface area (Å²) in [5, 5.41) is 47.9. The summed E-state index contributed by atoms with van der Waals surface area (Å²) in [6, 6.07) is 5.55. The number of aliphatic imine (C=N–C) groups is 1. The molecule has 0 fully saturated rings. The van der Waals surface area contributed by atoms with Gasteiger partial charge in [0.2, 0.25) is 0 Å². The molecule has 2 rings (SSSR count). The first-order chi connectivity index (χ1) is 13.7. The van der Waals surface area contributed by atoms with Crippen molar-refractivity contribution in [1.29, 1.82) is 5.26 Å². The van der Waals surface area contributed by atoms with Gasteiger partial charge >= 0.3 is 0 Å². The Kier molecular flexibility index (Phi) is 8.32. The van der Waals surface area contributed by atoms with Crippen LogP contribution >= 0.6 is 0 Å². The van der Waals surface area contributed by atoms with Crippen molar-refractivity contribution in [2.45, 2.75) is 33.2 Å². The van der Waals surface area contributed by atoms with E-state index in [4.69, 9.17) is 9.84 Å². The Morgan fingerprint density at radius 2 is 1.86 bits per heavy atom. The van der Waals surface area contributed by atoms with E-state index in [0.29, 0.717) is 64.4 Å². The van der Waals surface area contributed by atoms with Gasteiger partial charge in [-0.3, -0.25) is 4.99 Å². The van der Waals surface area contributed by atoms with Crippen molar-refractivity contribution in [3.63, 3.8) is 0 Å². The van der Waals surface area contributed by atoms with Gasteiger partial charge in [-0.15, -0.1) is 0 Å². The smallest absolute Gasteiger partial charge is 0.134 e. The molecule has 0 atom stereocenters. The quantitative estimate of drug-likeness (QED) is 0.304. The molecule has 2 aromatic rings. The summed E-state index contributed by atoms with van der Waals surface area (Å²) in [6.07, 6.45) is 1.89. The van der Waals surface area contributed by atoms with Crippen LogP contribution in [-0.2, 0) is 31.0 Å². The highest BCUT2D eigenvalue weighted by molar-refractivity contribution is 5.92. The molecule has 0 bridgehead atoms. The topological polar surface area (TPSA) is 142 Å². The lowest BCUT2D eigenvalue weighted by atomic mass is 9.89. The number of aromatic amines is 1. The molecule has 1 heterocycles. The Labute approximate surface area is 163 Å². The number of hydrogen-bond donors (Lipinski definition) is 5. The van der Waals surface area contributed by atoms with Crippen LogP contribution in [0, 0.1) is 11.3 Å². The number of rotatable bonds is 10. The van der Waals surface area contributed by atoms with Gasteiger partial charge in [-0.25, -0.2) is 0 Å². The van der Waals surface area contributed by atoms with Crippen molar-refractivity contribution in [3.8, 4) is 17.2 Å². The van der Waals surface area contributed by atoms with E-state index in [2.05, 4.69) is 16.0 Å². The van der Waals surface area contributed by atoms with Gasteiger partial charge in [-0.1, -0.05) is 12.1 Å². The van der Waals surface area contributed by atoms with Crippen molar-refractivity contribution in [2.24, 2.45) is 4.99 Å². The molecule has 0 spiro atoms. The lowest BCUT2D eigenvalue weighted by Crippen LogP contribution is -2.06. The molecular formula is C20H25N3O5. The molecule has 0 unspecified atom stereocenters. The fourth-order valence-corrected chi connectivity index (χ4v) is 3.26. The van der Waals surface area contributed by atoms with Gasteiger partial charge in [0.15, 0.2) is 0 Å². The Morgan fingerprint density at radius 3 is 2.43 bits per heavy atom. The maximum absolute atomic E-state index is 9.98. The third-order valence-corrected chi connectivity index (χ3v) is 4.53. The summed E-state index contributed by atoms with van der Waals surface area (Å²) in [6.45, 7) is 1.46. The number of nitrogens with zero attached hydrogens (tertiary/aromatic N) is 2. The van der Waals surface area contributed by atoms with Crippen LogP contribution in [0.3, 0.4) is 0 Å². The second-order valence-corrected chi connectivity index (χ2v) is 5.98. The van der Waals surface area contributed by atoms with Gasteiger partial charge in [0, 0.05) is 18.4 Å². The number of nitriles is 1. The summed E-state index contributed by atoms with van der Waals surface area (Å²) in [7, 11) is 0. The molecule has 0 radical (unpaired) electrons. The zero-order valence-corrected chi connectivity index (χ0v) is 15.8. The number of ether oxygens (including phenoxy) is 1. The average Bonchev–Trinajstić information content (AvgIpc) is 3.08. The number of aliphatic hydroxyl groups excluding tert-OH is 4. The maximum Gasteiger partial charge on any atom is 0.134 e. The molecule has 28 heavy (non-hydrogen) atoms. The number of aromatic nitrogens is 1. The van der Waals surface area contributed by atoms with Gasteiger partial charge in [0.05, 0.1) is 32.1 Å². The second-order valence-electron chi connectivity index (χ2n) is 5.98. The Hall–Kier alpha value is -2.54. The van der Waals surface area contributed by atoms with Crippen LogP contribution in [-0.4, -0.2) is 51.6 Å². The lowest BCUT2D eigenvalue weighted by molar-refractivity contribution is 0.151. The molecule has 0 saturated carbocycles. The molecule has 8 heteroatoms. The highest BCUT2D eigenvalue weighted by atomic mass is 16.5. The van der Waals surface area contributed by atoms with E-state index in [1.807, 2.05) is 6.92 Å². The van der Waals surface area contributed by atoms with E-state index < -0.39 is 6.73 Å². The predicted octanol–water partition coefficient (Wildman–Crippen LogP) is 0.978. The molecule has 0 aliphatic carbocycles. The molecule has 0 aliphatic heterocycles. The Balaban J connectivity index is 2.76. The SMILES string of the molecule is CCOCCc1c(C#N)[nH]c(/C=N/CO)c1-c1ccc(CO)c(CO)c1CO. The molecular weight excluding hydrogens is 362 g/mol. The van der Waals surface area contributed by atoms with Crippen LogP contribution in [0.1, 0.15) is 40.6 Å². The first kappa shape index (κ1) is 21.8. The summed E-state index contributed by atoms with van der Waals surface area (Å²) < 4.78 is 5.44. The first-order valence-electron chi connectivity index (χ1n) is 8.96. The van der Waals surface area contributed by atoms with Crippen LogP contribution in [0.5, 0.6) is 0 Å². The normalized spacial score (nSPS) is 11.3. The van der Waals surface area contributed by atoms with Gasteiger partial charge in [-0.2, -0.15) is 5.26 Å². The maximum atomic E-state index is 9.98. The minimum atomic E-state index is -0.410. The van der Waals surface area contributed by atoms with Crippen molar-refractivity contribution < 1.29 is 25.2 Å². The molecule has 1 aromatic heterocycles. The van der Waals surface area contributed by atoms with Crippen molar-refractivity contribution in [3.05, 3.63) is 45.8 Å². The number of nitrogens with one attached hydrogen (secondary N) is 1. The number of aliphatic hydroxyl groups is 4. The molecule has 5 N–H and O–H groups in total. The predicted molar refractivity (Wildman–Crippen MR) is 104 cm³/mol. The van der Waals surface area contributed by atoms with E-state index >= 15 is 0 Å². The summed E-state index contributed by atoms with van der Waals surface area (Å²) in [5.41, 5.74) is 4.25. The van der Waals surface area contributed by atoms with E-state index in [1.165, 1.54) is 6.21 Å². The second kappa shape index (κ2) is 10.7. The van der Waals surface area contributed by atoms with E-state index in [0.717, 1.165) is 0 Å². The molecule has 150 valence electrons. The molecule has 8 nitrogen and oxygen atoms in total. The van der Waals surface area contributed by atoms with Crippen LogP contribution < -0.4 is 0 Å². The van der Waals surface area contributed by atoms with Crippen LogP contribution in [0.2, 0.25) is 0 Å². The van der Waals surface area contributed by atoms with Crippen LogP contribution in [0.15, 0.2) is 17.1 Å². The Morgan fingerprint density at radius 1 is 1.11 bits per heavy atom. The standard InChI is InChI=1S/C20H25N3O5/c1-2-28-6-5-15-18(7-21)23-19(8-22-12-27)20(15)14-4-3-13(9-24)16(10-25)17(14)11-26/h3-4,8,23-27H,2,5-6,9-12H2,1H3/b22-8+. The van der Waals surface area contributed by atoms with Crippen LogP contribution in [0.4, 0.5) is 0 Å². The largest absolute Gasteiger partial charge is 0.392 e. The third kappa shape index (κ3) is 4.47. The fraction of sp³-hybridized carbons (Fsp3) is 0.400. The van der Waals surface area contributed by atoms with Gasteiger partial charge in [0.1, 0.15) is 18.5 Å². The third-order valence-electron chi connectivity index (χ3n) is 4.53. The van der Waals surface area contributed by atoms with E-state index in [-0.39, 0.29) is 19.8 Å². The van der Waals surface area contributed by atoms with Crippen molar-refractivity contribution in [1.82, 2.24) is 4.98 Å². The lowest BCUT2D eigenvalue weighted by Gasteiger charge is -2.17. The number of hydrogen-bond acceptors (Lipinski definition) is 7. The van der Waals surface area contributed by atoms with Crippen molar-refractivity contribution >= 4 is 6.21 Å². The van der Waals surface area contributed by atoms with Crippen LogP contribution in [0.25, 0.3) is 11.1 Å². The molecule has 0 saturated heterocycles. The number of benzene rings is 1. The van der Waals surface area contributed by atoms with Gasteiger partial charge in [-0.05, 0) is 41.2 Å². The fourth-order valence-electron chi connectivity index (χ4n) is 3.26. The minimum absolute atomic E-state index is 0.268. The molecule has 0 amide bonds. The highest BCUT2D eigenvalue weighted by Crippen LogP contribution is 2.35. The highest BCUT2D eigenvalue weighted by Gasteiger charge is 2.22. The van der Waals surface area contributed by atoms with Crippen molar-refractivity contribution in [2.75, 3.05) is 19.9 Å². The van der Waals surface area contributed by atoms with E-state index in [1.54, 1.807) is 12.1 Å². The Bertz CT molecular complexity index is 868. The zero-order valence-electron chi connectivity index (χ0n) is 15.8. The number of H-pyrrole nitrogens is 1. The minimum Gasteiger partial charge on any atom is -0.392 e. The summed E-state index contributed by atoms with van der Waals surface area (Å²) in [4.78, 5) is 6.86. The van der Waals surface area contributed by atoms with Gasteiger partial charge < -0.3 is 30.1 Å². The molecule has 1 aromatic carbocycles. The first-order valence-corrected chi connectivity index (χ1v) is 8.96. The average molecular weight is 387 g/mol. The summed E-state index contributed by atoms with van der Waals surface area (Å²) in [5.74, 6) is 0.